The number of carbonyl (C=O) groups is 2. The lowest BCUT2D eigenvalue weighted by Gasteiger charge is -2.12. The Balaban J connectivity index is 1.60. The molecule has 0 radical (unpaired) electrons. The van der Waals surface area contributed by atoms with E-state index in [0.29, 0.717) is 23.3 Å². The van der Waals surface area contributed by atoms with Gasteiger partial charge in [0.25, 0.3) is 0 Å². The lowest BCUT2D eigenvalue weighted by molar-refractivity contribution is -0.133. The van der Waals surface area contributed by atoms with Crippen molar-refractivity contribution >= 4 is 23.0 Å². The summed E-state index contributed by atoms with van der Waals surface area (Å²) in [5.74, 6) is -0.519. The van der Waals surface area contributed by atoms with Gasteiger partial charge in [-0.15, -0.1) is 0 Å². The van der Waals surface area contributed by atoms with Crippen LogP contribution in [0, 0.1) is 0 Å². The zero-order valence-corrected chi connectivity index (χ0v) is 19.9. The predicted octanol–water partition coefficient (Wildman–Crippen LogP) is 3.80. The number of fused-ring (bicyclic) bond motifs is 3. The number of esters is 2. The van der Waals surface area contributed by atoms with Crippen LogP contribution in [0.3, 0.4) is 0 Å². The van der Waals surface area contributed by atoms with Crippen LogP contribution in [0.2, 0.25) is 0 Å². The predicted molar refractivity (Wildman–Crippen MR) is 133 cm³/mol. The molecule has 0 saturated carbocycles. The van der Waals surface area contributed by atoms with Crippen molar-refractivity contribution in [3.63, 3.8) is 0 Å². The highest BCUT2D eigenvalue weighted by molar-refractivity contribution is 6.03. The molecular weight excluding hydrogens is 460 g/mol. The van der Waals surface area contributed by atoms with Crippen LogP contribution >= 0.6 is 0 Å². The van der Waals surface area contributed by atoms with Crippen molar-refractivity contribution in [2.24, 2.45) is 0 Å². The average Bonchev–Trinajstić information content (AvgIpc) is 3.26. The molecule has 9 nitrogen and oxygen atoms in total. The van der Waals surface area contributed by atoms with Gasteiger partial charge in [0.1, 0.15) is 11.4 Å². The van der Waals surface area contributed by atoms with Crippen LogP contribution in [0.4, 0.5) is 0 Å². The maximum Gasteiger partial charge on any atom is 0.336 e. The SMILES string of the molecule is CN(C)CCCOc1ccc(-c2nn(-c3ccccc3)c3ncc4c(c23)OC(=O)/C=C\C(=O)O4)cc1. The van der Waals surface area contributed by atoms with Gasteiger partial charge in [-0.05, 0) is 56.9 Å². The van der Waals surface area contributed by atoms with Crippen LogP contribution in [0.25, 0.3) is 28.0 Å². The molecule has 4 aromatic rings. The molecule has 0 aliphatic carbocycles. The summed E-state index contributed by atoms with van der Waals surface area (Å²) in [7, 11) is 4.05. The summed E-state index contributed by atoms with van der Waals surface area (Å²) in [6.07, 6.45) is 4.32. The normalized spacial score (nSPS) is 14.1. The molecule has 2 aromatic heterocycles. The number of pyridine rings is 1. The second-order valence-corrected chi connectivity index (χ2v) is 8.45. The largest absolute Gasteiger partial charge is 0.494 e. The average molecular weight is 485 g/mol. The van der Waals surface area contributed by atoms with Gasteiger partial charge in [-0.2, -0.15) is 5.10 Å². The fourth-order valence-corrected chi connectivity index (χ4v) is 3.86. The number of rotatable bonds is 7. The molecular formula is C27H24N4O5. The first kappa shape index (κ1) is 23.3. The molecule has 3 heterocycles. The zero-order chi connectivity index (χ0) is 25.1. The Morgan fingerprint density at radius 3 is 2.39 bits per heavy atom. The first-order valence-corrected chi connectivity index (χ1v) is 11.5. The fraction of sp³-hybridized carbons (Fsp3) is 0.185. The Morgan fingerprint density at radius 2 is 1.67 bits per heavy atom. The zero-order valence-electron chi connectivity index (χ0n) is 19.9. The van der Waals surface area contributed by atoms with Crippen molar-refractivity contribution in [3.8, 4) is 34.2 Å². The minimum Gasteiger partial charge on any atom is -0.494 e. The number of hydrogen-bond acceptors (Lipinski definition) is 8. The lowest BCUT2D eigenvalue weighted by Crippen LogP contribution is -2.15. The third-order valence-corrected chi connectivity index (χ3v) is 5.53. The van der Waals surface area contributed by atoms with E-state index in [9.17, 15) is 9.59 Å². The van der Waals surface area contributed by atoms with Crippen LogP contribution in [-0.2, 0) is 9.59 Å². The van der Waals surface area contributed by atoms with Crippen LogP contribution in [-0.4, -0.2) is 58.8 Å². The van der Waals surface area contributed by atoms with E-state index in [0.717, 1.165) is 42.1 Å². The van der Waals surface area contributed by atoms with E-state index >= 15 is 0 Å². The maximum absolute atomic E-state index is 12.3. The molecule has 0 unspecified atom stereocenters. The molecule has 1 aliphatic heterocycles. The Labute approximate surface area is 207 Å². The highest BCUT2D eigenvalue weighted by Crippen LogP contribution is 2.41. The number of nitrogens with zero attached hydrogens (tertiary/aromatic N) is 4. The summed E-state index contributed by atoms with van der Waals surface area (Å²) >= 11 is 0. The van der Waals surface area contributed by atoms with Crippen molar-refractivity contribution in [3.05, 3.63) is 72.9 Å². The molecule has 0 fully saturated rings. The summed E-state index contributed by atoms with van der Waals surface area (Å²) < 4.78 is 18.5. The Bertz CT molecular complexity index is 1440. The van der Waals surface area contributed by atoms with Gasteiger partial charge in [-0.3, -0.25) is 0 Å². The number of carbonyl (C=O) groups excluding carboxylic acids is 2. The van der Waals surface area contributed by atoms with Gasteiger partial charge < -0.3 is 19.1 Å². The topological polar surface area (TPSA) is 95.8 Å². The van der Waals surface area contributed by atoms with Crippen molar-refractivity contribution in [1.29, 1.82) is 0 Å². The molecule has 5 rings (SSSR count). The van der Waals surface area contributed by atoms with Crippen molar-refractivity contribution < 1.29 is 23.8 Å². The molecule has 36 heavy (non-hydrogen) atoms. The Hall–Kier alpha value is -4.50. The summed E-state index contributed by atoms with van der Waals surface area (Å²) in [6.45, 7) is 1.55. The third kappa shape index (κ3) is 4.82. The minimum atomic E-state index is -0.694. The first-order valence-electron chi connectivity index (χ1n) is 11.5. The second kappa shape index (κ2) is 10.0. The van der Waals surface area contributed by atoms with E-state index in [2.05, 4.69) is 9.88 Å². The molecule has 0 spiro atoms. The summed E-state index contributed by atoms with van der Waals surface area (Å²) in [5.41, 5.74) is 2.50. The van der Waals surface area contributed by atoms with Crippen molar-refractivity contribution in [2.45, 2.75) is 6.42 Å². The first-order chi connectivity index (χ1) is 17.5. The van der Waals surface area contributed by atoms with Gasteiger partial charge in [0, 0.05) is 24.3 Å². The monoisotopic (exact) mass is 484 g/mol. The second-order valence-electron chi connectivity index (χ2n) is 8.45. The number of para-hydroxylation sites is 1. The van der Waals surface area contributed by atoms with Crippen LogP contribution in [0.1, 0.15) is 6.42 Å². The minimum absolute atomic E-state index is 0.0416. The molecule has 0 bridgehead atoms. The van der Waals surface area contributed by atoms with E-state index in [1.54, 1.807) is 4.68 Å². The molecule has 1 aliphatic rings. The van der Waals surface area contributed by atoms with E-state index in [4.69, 9.17) is 19.3 Å². The van der Waals surface area contributed by atoms with Crippen molar-refractivity contribution in [1.82, 2.24) is 19.7 Å². The quantitative estimate of drug-likeness (QED) is 0.289. The standard InChI is InChI=1S/C27H24N4O5/c1-30(2)15-6-16-34-20-11-9-18(10-12-20)25-24-26-21(35-22(32)13-14-23(33)36-26)17-28-27(24)31(29-25)19-7-4-3-5-8-19/h3-5,7-14,17H,6,15-16H2,1-2H3/b14-13-. The van der Waals surface area contributed by atoms with Gasteiger partial charge in [0.15, 0.2) is 17.1 Å². The fourth-order valence-electron chi connectivity index (χ4n) is 3.86. The van der Waals surface area contributed by atoms with Crippen molar-refractivity contribution in [2.75, 3.05) is 27.2 Å². The van der Waals surface area contributed by atoms with E-state index < -0.39 is 11.9 Å². The third-order valence-electron chi connectivity index (χ3n) is 5.53. The Kier molecular flexibility index (Phi) is 6.46. The molecule has 0 atom stereocenters. The molecule has 2 aromatic carbocycles. The van der Waals surface area contributed by atoms with Crippen LogP contribution < -0.4 is 14.2 Å². The maximum atomic E-state index is 12.3. The van der Waals surface area contributed by atoms with Gasteiger partial charge >= 0.3 is 11.9 Å². The molecule has 0 amide bonds. The number of benzene rings is 2. The molecule has 182 valence electrons. The summed E-state index contributed by atoms with van der Waals surface area (Å²) in [6, 6.07) is 17.0. The molecule has 9 heteroatoms. The highest BCUT2D eigenvalue weighted by atomic mass is 16.6. The van der Waals surface area contributed by atoms with Crippen LogP contribution in [0.5, 0.6) is 17.2 Å². The summed E-state index contributed by atoms with van der Waals surface area (Å²) in [5, 5.41) is 5.27. The van der Waals surface area contributed by atoms with Gasteiger partial charge in [-0.1, -0.05) is 18.2 Å². The Morgan fingerprint density at radius 1 is 0.944 bits per heavy atom. The smallest absolute Gasteiger partial charge is 0.336 e. The lowest BCUT2D eigenvalue weighted by atomic mass is 10.1. The van der Waals surface area contributed by atoms with E-state index in [1.165, 1.54) is 6.20 Å². The van der Waals surface area contributed by atoms with E-state index in [1.807, 2.05) is 68.7 Å². The summed E-state index contributed by atoms with van der Waals surface area (Å²) in [4.78, 5) is 31.0. The number of hydrogen-bond donors (Lipinski definition) is 0. The number of aromatic nitrogens is 3. The molecule has 0 N–H and O–H groups in total. The number of ether oxygens (including phenoxy) is 3. The highest BCUT2D eigenvalue weighted by Gasteiger charge is 2.26. The van der Waals surface area contributed by atoms with Gasteiger partial charge in [0.05, 0.1) is 23.9 Å². The van der Waals surface area contributed by atoms with Crippen LogP contribution in [0.15, 0.2) is 72.9 Å². The molecule has 0 saturated heterocycles. The van der Waals surface area contributed by atoms with Gasteiger partial charge in [0.2, 0.25) is 0 Å². The van der Waals surface area contributed by atoms with E-state index in [-0.39, 0.29) is 11.5 Å². The van der Waals surface area contributed by atoms with Gasteiger partial charge in [-0.25, -0.2) is 19.3 Å².